The maximum absolute atomic E-state index is 12.7. The number of para-hydroxylation sites is 1. The lowest BCUT2D eigenvalue weighted by atomic mass is 9.55. The van der Waals surface area contributed by atoms with E-state index in [4.69, 9.17) is 4.74 Å². The third kappa shape index (κ3) is 3.28. The van der Waals surface area contributed by atoms with Gasteiger partial charge in [0.05, 0.1) is 0 Å². The standard InChI is InChI=1S/C23H28N2O4/c1-23(21(26)27,11-17-12-24-19-5-3-2-4-18(17)19)25-22(28)29-20-15-7-13-6-14(9-15)10-16(20)8-13/h2-5,12-16,20,24H,6-11H2,1H3,(H,25,28)(H,26,27). The molecule has 0 radical (unpaired) electrons. The van der Waals surface area contributed by atoms with E-state index < -0.39 is 17.6 Å². The average molecular weight is 396 g/mol. The van der Waals surface area contributed by atoms with Crippen molar-refractivity contribution in [3.8, 4) is 0 Å². The molecule has 0 saturated heterocycles. The molecule has 0 spiro atoms. The van der Waals surface area contributed by atoms with Crippen molar-refractivity contribution >= 4 is 23.0 Å². The summed E-state index contributed by atoms with van der Waals surface area (Å²) in [6.45, 7) is 1.55. The van der Waals surface area contributed by atoms with Gasteiger partial charge in [-0.15, -0.1) is 0 Å². The molecule has 2 aromatic rings. The molecule has 0 aliphatic heterocycles. The van der Waals surface area contributed by atoms with Gasteiger partial charge < -0.3 is 20.1 Å². The van der Waals surface area contributed by atoms with Crippen molar-refractivity contribution in [2.75, 3.05) is 0 Å². The summed E-state index contributed by atoms with van der Waals surface area (Å²) in [7, 11) is 0. The maximum Gasteiger partial charge on any atom is 0.408 e. The highest BCUT2D eigenvalue weighted by atomic mass is 16.6. The van der Waals surface area contributed by atoms with Crippen molar-refractivity contribution in [1.82, 2.24) is 10.3 Å². The summed E-state index contributed by atoms with van der Waals surface area (Å²) in [4.78, 5) is 28.0. The zero-order valence-corrected chi connectivity index (χ0v) is 16.7. The van der Waals surface area contributed by atoms with Gasteiger partial charge in [0.1, 0.15) is 11.6 Å². The van der Waals surface area contributed by atoms with Crippen LogP contribution in [0.4, 0.5) is 4.79 Å². The molecule has 6 nitrogen and oxygen atoms in total. The first-order valence-electron chi connectivity index (χ1n) is 10.7. The van der Waals surface area contributed by atoms with Gasteiger partial charge in [0.2, 0.25) is 0 Å². The van der Waals surface area contributed by atoms with Gasteiger partial charge in [0, 0.05) is 23.5 Å². The molecule has 6 heteroatoms. The highest BCUT2D eigenvalue weighted by molar-refractivity contribution is 5.87. The molecule has 4 fully saturated rings. The number of hydrogen-bond donors (Lipinski definition) is 3. The summed E-state index contributed by atoms with van der Waals surface area (Å²) in [5, 5.41) is 13.5. The predicted molar refractivity (Wildman–Crippen MR) is 108 cm³/mol. The number of carbonyl (C=O) groups excluding carboxylic acids is 1. The number of rotatable bonds is 5. The summed E-state index contributed by atoms with van der Waals surface area (Å²) >= 11 is 0. The lowest BCUT2D eigenvalue weighted by Crippen LogP contribution is -2.56. The number of fused-ring (bicyclic) bond motifs is 1. The molecule has 154 valence electrons. The third-order valence-corrected chi connectivity index (χ3v) is 7.45. The Hall–Kier alpha value is -2.50. The van der Waals surface area contributed by atoms with E-state index in [0.717, 1.165) is 54.0 Å². The topological polar surface area (TPSA) is 91.4 Å². The van der Waals surface area contributed by atoms with Crippen LogP contribution in [0.15, 0.2) is 30.5 Å². The number of alkyl carbamates (subject to hydrolysis) is 1. The van der Waals surface area contributed by atoms with Gasteiger partial charge in [-0.25, -0.2) is 9.59 Å². The first-order valence-corrected chi connectivity index (χ1v) is 10.7. The largest absolute Gasteiger partial charge is 0.480 e. The molecule has 1 atom stereocenters. The molecule has 4 saturated carbocycles. The lowest BCUT2D eigenvalue weighted by Gasteiger charge is -2.53. The molecule has 4 aliphatic carbocycles. The number of carbonyl (C=O) groups is 2. The molecule has 1 heterocycles. The number of carboxylic acid groups (broad SMARTS) is 1. The van der Waals surface area contributed by atoms with Crippen molar-refractivity contribution in [3.63, 3.8) is 0 Å². The van der Waals surface area contributed by atoms with Crippen LogP contribution in [0.3, 0.4) is 0 Å². The van der Waals surface area contributed by atoms with E-state index in [1.165, 1.54) is 6.42 Å². The number of nitrogens with one attached hydrogen (secondary N) is 2. The van der Waals surface area contributed by atoms with E-state index >= 15 is 0 Å². The first kappa shape index (κ1) is 18.5. The summed E-state index contributed by atoms with van der Waals surface area (Å²) in [6.07, 6.45) is 7.27. The molecule has 29 heavy (non-hydrogen) atoms. The number of aliphatic carboxylic acids is 1. The normalized spacial score (nSPS) is 32.1. The fourth-order valence-electron chi connectivity index (χ4n) is 6.28. The van der Waals surface area contributed by atoms with Crippen LogP contribution in [-0.4, -0.2) is 33.8 Å². The van der Waals surface area contributed by atoms with Crippen LogP contribution in [-0.2, 0) is 16.0 Å². The van der Waals surface area contributed by atoms with E-state index in [0.29, 0.717) is 11.8 Å². The minimum Gasteiger partial charge on any atom is -0.480 e. The fraction of sp³-hybridized carbons (Fsp3) is 0.565. The van der Waals surface area contributed by atoms with Gasteiger partial charge >= 0.3 is 12.1 Å². The van der Waals surface area contributed by atoms with E-state index in [1.54, 1.807) is 6.92 Å². The Balaban J connectivity index is 1.30. The van der Waals surface area contributed by atoms with Crippen LogP contribution in [0.1, 0.15) is 44.6 Å². The zero-order valence-electron chi connectivity index (χ0n) is 16.7. The molecule has 4 bridgehead atoms. The van der Waals surface area contributed by atoms with Gasteiger partial charge in [0.25, 0.3) is 0 Å². The Kier molecular flexibility index (Phi) is 4.33. The monoisotopic (exact) mass is 396 g/mol. The van der Waals surface area contributed by atoms with E-state index in [1.807, 2.05) is 30.5 Å². The van der Waals surface area contributed by atoms with Gasteiger partial charge in [0.15, 0.2) is 0 Å². The van der Waals surface area contributed by atoms with Crippen LogP contribution in [0.2, 0.25) is 0 Å². The Bertz CT molecular complexity index is 923. The Morgan fingerprint density at radius 2 is 1.79 bits per heavy atom. The van der Waals surface area contributed by atoms with Crippen molar-refractivity contribution in [1.29, 1.82) is 0 Å². The van der Waals surface area contributed by atoms with Crippen molar-refractivity contribution in [2.24, 2.45) is 23.7 Å². The average Bonchev–Trinajstić information content (AvgIpc) is 3.07. The molecule has 1 unspecified atom stereocenters. The minimum absolute atomic E-state index is 0.0612. The number of ether oxygens (including phenoxy) is 1. The van der Waals surface area contributed by atoms with Crippen LogP contribution in [0, 0.1) is 23.7 Å². The maximum atomic E-state index is 12.7. The SMILES string of the molecule is CC(Cc1c[nH]c2ccccc12)(NC(=O)OC1C2CC3CC(C2)CC1C3)C(=O)O. The first-order chi connectivity index (χ1) is 13.9. The molecule has 1 aromatic heterocycles. The number of hydrogen-bond acceptors (Lipinski definition) is 3. The number of benzene rings is 1. The molecule has 3 N–H and O–H groups in total. The van der Waals surface area contributed by atoms with Gasteiger partial charge in [-0.1, -0.05) is 18.2 Å². The number of amides is 1. The molecule has 1 aromatic carbocycles. The number of carboxylic acids is 1. The Morgan fingerprint density at radius 3 is 2.45 bits per heavy atom. The quantitative estimate of drug-likeness (QED) is 0.709. The van der Waals surface area contributed by atoms with Gasteiger partial charge in [-0.05, 0) is 74.3 Å². The highest BCUT2D eigenvalue weighted by Crippen LogP contribution is 2.54. The Labute approximate surface area is 170 Å². The second kappa shape index (κ2) is 6.78. The Morgan fingerprint density at radius 1 is 1.14 bits per heavy atom. The summed E-state index contributed by atoms with van der Waals surface area (Å²) in [5.74, 6) is 1.42. The molecule has 4 aliphatic rings. The number of aromatic amines is 1. The minimum atomic E-state index is -1.44. The highest BCUT2D eigenvalue weighted by Gasteiger charge is 2.50. The summed E-state index contributed by atoms with van der Waals surface area (Å²) in [5.41, 5.74) is 0.375. The van der Waals surface area contributed by atoms with Gasteiger partial charge in [-0.3, -0.25) is 0 Å². The van der Waals surface area contributed by atoms with Crippen LogP contribution < -0.4 is 5.32 Å². The lowest BCUT2D eigenvalue weighted by molar-refractivity contribution is -0.144. The zero-order chi connectivity index (χ0) is 20.2. The van der Waals surface area contributed by atoms with Gasteiger partial charge in [-0.2, -0.15) is 0 Å². The number of aromatic nitrogens is 1. The van der Waals surface area contributed by atoms with E-state index in [9.17, 15) is 14.7 Å². The van der Waals surface area contributed by atoms with Crippen LogP contribution in [0.5, 0.6) is 0 Å². The molecular formula is C23H28N2O4. The molecule has 1 amide bonds. The summed E-state index contributed by atoms with van der Waals surface area (Å²) < 4.78 is 5.86. The number of H-pyrrole nitrogens is 1. The van der Waals surface area contributed by atoms with Crippen molar-refractivity contribution in [3.05, 3.63) is 36.0 Å². The fourth-order valence-corrected chi connectivity index (χ4v) is 6.28. The molecule has 6 rings (SSSR count). The second-order valence-electron chi connectivity index (χ2n) is 9.60. The van der Waals surface area contributed by atoms with Crippen LogP contribution in [0.25, 0.3) is 10.9 Å². The van der Waals surface area contributed by atoms with Crippen LogP contribution >= 0.6 is 0 Å². The molecular weight excluding hydrogens is 368 g/mol. The van der Waals surface area contributed by atoms with E-state index in [-0.39, 0.29) is 12.5 Å². The summed E-state index contributed by atoms with van der Waals surface area (Å²) in [6, 6.07) is 7.76. The van der Waals surface area contributed by atoms with Crippen molar-refractivity contribution in [2.45, 2.75) is 57.1 Å². The third-order valence-electron chi connectivity index (χ3n) is 7.45. The van der Waals surface area contributed by atoms with E-state index in [2.05, 4.69) is 10.3 Å². The predicted octanol–water partition coefficient (Wildman–Crippen LogP) is 4.10. The van der Waals surface area contributed by atoms with Crippen molar-refractivity contribution < 1.29 is 19.4 Å². The smallest absolute Gasteiger partial charge is 0.408 e. The second-order valence-corrected chi connectivity index (χ2v) is 9.60.